The largest absolute Gasteiger partial charge is 0.418 e. The van der Waals surface area contributed by atoms with Crippen LogP contribution in [-0.4, -0.2) is 55.7 Å². The zero-order valence-electron chi connectivity index (χ0n) is 18.9. The second-order valence-electron chi connectivity index (χ2n) is 8.95. The van der Waals surface area contributed by atoms with Gasteiger partial charge in [-0.1, -0.05) is 11.6 Å². The van der Waals surface area contributed by atoms with Gasteiger partial charge in [-0.15, -0.1) is 0 Å². The third-order valence-electron chi connectivity index (χ3n) is 6.46. The molecule has 2 fully saturated rings. The maximum absolute atomic E-state index is 13.6. The number of fused-ring (bicyclic) bond motifs is 1. The number of piperidine rings is 1. The summed E-state index contributed by atoms with van der Waals surface area (Å²) in [6.45, 7) is 3.48. The van der Waals surface area contributed by atoms with Gasteiger partial charge in [0.2, 0.25) is 0 Å². The van der Waals surface area contributed by atoms with E-state index in [1.807, 2.05) is 18.0 Å². The van der Waals surface area contributed by atoms with Crippen molar-refractivity contribution >= 4 is 34.7 Å². The van der Waals surface area contributed by atoms with Crippen LogP contribution in [0.1, 0.15) is 59.0 Å². The Bertz CT molecular complexity index is 1320. The van der Waals surface area contributed by atoms with E-state index in [1.54, 1.807) is 10.6 Å². The van der Waals surface area contributed by atoms with E-state index in [-0.39, 0.29) is 5.02 Å². The molecule has 35 heavy (non-hydrogen) atoms. The van der Waals surface area contributed by atoms with E-state index >= 15 is 0 Å². The Kier molecular flexibility index (Phi) is 5.90. The first kappa shape index (κ1) is 23.5. The fourth-order valence-corrected chi connectivity index (χ4v) is 4.94. The number of alkyl halides is 3. The predicted octanol–water partition coefficient (Wildman–Crippen LogP) is 4.70. The van der Waals surface area contributed by atoms with Crippen LogP contribution in [0.2, 0.25) is 5.02 Å². The van der Waals surface area contributed by atoms with Gasteiger partial charge in [-0.25, -0.2) is 14.5 Å². The lowest BCUT2D eigenvalue weighted by Gasteiger charge is -2.35. The standard InChI is InChI=1S/C23H23ClF3N7O/c1-13-11-34-19(30-21(13)32-7-5-15(28)12-32)9-17(31-34)18-4-2-3-6-33(18)22(35)20-16(23(25,26)27)8-14(24)10-29-20/h8-11,18,28H,2-7,12H2,1H3/t18-/m0/s1. The van der Waals surface area contributed by atoms with Crippen molar-refractivity contribution in [3.05, 3.63) is 52.1 Å². The lowest BCUT2D eigenvalue weighted by molar-refractivity contribution is -0.138. The van der Waals surface area contributed by atoms with Crippen molar-refractivity contribution in [3.8, 4) is 0 Å². The van der Waals surface area contributed by atoms with Crippen molar-refractivity contribution in [1.29, 1.82) is 5.41 Å². The van der Waals surface area contributed by atoms with E-state index in [9.17, 15) is 18.0 Å². The molecule has 1 amide bonds. The van der Waals surface area contributed by atoms with Crippen LogP contribution in [-0.2, 0) is 6.18 Å². The minimum atomic E-state index is -4.76. The molecule has 0 spiro atoms. The number of aromatic nitrogens is 4. The molecule has 2 saturated heterocycles. The first-order chi connectivity index (χ1) is 16.6. The number of aryl methyl sites for hydroxylation is 1. The van der Waals surface area contributed by atoms with E-state index in [0.29, 0.717) is 49.4 Å². The molecule has 12 heteroatoms. The average molecular weight is 506 g/mol. The molecule has 2 aliphatic rings. The number of pyridine rings is 1. The maximum Gasteiger partial charge on any atom is 0.418 e. The third-order valence-corrected chi connectivity index (χ3v) is 6.66. The van der Waals surface area contributed by atoms with Crippen LogP contribution in [0, 0.1) is 12.3 Å². The molecule has 0 saturated carbocycles. The Morgan fingerprint density at radius 1 is 1.23 bits per heavy atom. The molecular weight excluding hydrogens is 483 g/mol. The zero-order chi connectivity index (χ0) is 24.9. The van der Waals surface area contributed by atoms with Crippen molar-refractivity contribution in [2.45, 2.75) is 44.8 Å². The second kappa shape index (κ2) is 8.78. The molecule has 0 bridgehead atoms. The minimum Gasteiger partial charge on any atom is -0.350 e. The average Bonchev–Trinajstić information content (AvgIpc) is 3.43. The number of likely N-dealkylation sites (tertiary alicyclic amines) is 1. The van der Waals surface area contributed by atoms with Crippen LogP contribution in [0.3, 0.4) is 0 Å². The number of hydrogen-bond acceptors (Lipinski definition) is 6. The molecule has 8 nitrogen and oxygen atoms in total. The number of anilines is 1. The van der Waals surface area contributed by atoms with Gasteiger partial charge in [-0.2, -0.15) is 18.3 Å². The van der Waals surface area contributed by atoms with Crippen LogP contribution in [0.5, 0.6) is 0 Å². The Hall–Kier alpha value is -3.21. The SMILES string of the molecule is Cc1cn2nc([C@@H]3CCCCN3C(=O)c3ncc(Cl)cc3C(F)(F)F)cc2nc1N1CCC(=N)C1. The highest BCUT2D eigenvalue weighted by Crippen LogP contribution is 2.37. The molecule has 1 atom stereocenters. The fourth-order valence-electron chi connectivity index (χ4n) is 4.79. The summed E-state index contributed by atoms with van der Waals surface area (Å²) in [5.74, 6) is -0.0147. The highest BCUT2D eigenvalue weighted by molar-refractivity contribution is 6.30. The summed E-state index contributed by atoms with van der Waals surface area (Å²) in [5.41, 5.74) is 0.901. The van der Waals surface area contributed by atoms with Crippen molar-refractivity contribution < 1.29 is 18.0 Å². The van der Waals surface area contributed by atoms with Crippen LogP contribution < -0.4 is 4.90 Å². The van der Waals surface area contributed by atoms with Gasteiger partial charge in [-0.05, 0) is 32.3 Å². The predicted molar refractivity (Wildman–Crippen MR) is 124 cm³/mol. The number of hydrogen-bond donors (Lipinski definition) is 1. The monoisotopic (exact) mass is 505 g/mol. The van der Waals surface area contributed by atoms with Gasteiger partial charge < -0.3 is 15.2 Å². The van der Waals surface area contributed by atoms with E-state index < -0.39 is 29.4 Å². The van der Waals surface area contributed by atoms with Gasteiger partial charge in [-0.3, -0.25) is 4.79 Å². The van der Waals surface area contributed by atoms with E-state index in [0.717, 1.165) is 36.6 Å². The number of nitrogens with zero attached hydrogens (tertiary/aromatic N) is 6. The summed E-state index contributed by atoms with van der Waals surface area (Å²) >= 11 is 5.74. The smallest absolute Gasteiger partial charge is 0.350 e. The Labute approximate surface area is 204 Å². The van der Waals surface area contributed by atoms with Crippen molar-refractivity contribution in [2.24, 2.45) is 0 Å². The quantitative estimate of drug-likeness (QED) is 0.557. The van der Waals surface area contributed by atoms with Gasteiger partial charge in [0, 0.05) is 49.2 Å². The lowest BCUT2D eigenvalue weighted by Crippen LogP contribution is -2.40. The number of carbonyl (C=O) groups excluding carboxylic acids is 1. The number of halogens is 4. The van der Waals surface area contributed by atoms with E-state index in [1.165, 1.54) is 4.90 Å². The molecule has 0 aliphatic carbocycles. The van der Waals surface area contributed by atoms with Crippen molar-refractivity contribution in [3.63, 3.8) is 0 Å². The first-order valence-corrected chi connectivity index (χ1v) is 11.7. The molecule has 3 aromatic heterocycles. The second-order valence-corrected chi connectivity index (χ2v) is 9.39. The maximum atomic E-state index is 13.6. The summed E-state index contributed by atoms with van der Waals surface area (Å²) in [5, 5.41) is 12.3. The van der Waals surface area contributed by atoms with Gasteiger partial charge in [0.25, 0.3) is 5.91 Å². The summed E-state index contributed by atoms with van der Waals surface area (Å²) in [7, 11) is 0. The summed E-state index contributed by atoms with van der Waals surface area (Å²) in [4.78, 5) is 25.3. The highest BCUT2D eigenvalue weighted by atomic mass is 35.5. The van der Waals surface area contributed by atoms with Gasteiger partial charge in [0.05, 0.1) is 28.9 Å². The summed E-state index contributed by atoms with van der Waals surface area (Å²) in [6, 6.07) is 2.01. The molecule has 5 rings (SSSR count). The third kappa shape index (κ3) is 4.44. The molecule has 5 heterocycles. The van der Waals surface area contributed by atoms with Crippen molar-refractivity contribution in [1.82, 2.24) is 24.5 Å². The van der Waals surface area contributed by atoms with Gasteiger partial charge in [0.1, 0.15) is 11.5 Å². The minimum absolute atomic E-state index is 0.185. The number of nitrogens with one attached hydrogen (secondary N) is 1. The number of rotatable bonds is 3. The molecule has 184 valence electrons. The Morgan fingerprint density at radius 3 is 2.74 bits per heavy atom. The molecule has 0 unspecified atom stereocenters. The zero-order valence-corrected chi connectivity index (χ0v) is 19.7. The fraction of sp³-hybridized carbons (Fsp3) is 0.435. The van der Waals surface area contributed by atoms with Gasteiger partial charge in [0.15, 0.2) is 5.65 Å². The normalized spacial score (nSPS) is 19.1. The van der Waals surface area contributed by atoms with Crippen LogP contribution in [0.15, 0.2) is 24.5 Å². The van der Waals surface area contributed by atoms with Crippen molar-refractivity contribution in [2.75, 3.05) is 24.5 Å². The Morgan fingerprint density at radius 2 is 2.03 bits per heavy atom. The first-order valence-electron chi connectivity index (χ1n) is 11.3. The number of carbonyl (C=O) groups is 1. The molecule has 2 aliphatic heterocycles. The van der Waals surface area contributed by atoms with Crippen LogP contribution in [0.4, 0.5) is 19.0 Å². The van der Waals surface area contributed by atoms with Crippen LogP contribution in [0.25, 0.3) is 5.65 Å². The number of amides is 1. The molecule has 0 aromatic carbocycles. The topological polar surface area (TPSA) is 90.5 Å². The summed E-state index contributed by atoms with van der Waals surface area (Å²) in [6.07, 6.45) is 0.902. The Balaban J connectivity index is 1.50. The molecule has 0 radical (unpaired) electrons. The van der Waals surface area contributed by atoms with Gasteiger partial charge >= 0.3 is 6.18 Å². The van der Waals surface area contributed by atoms with Crippen LogP contribution >= 0.6 is 11.6 Å². The molecule has 3 aromatic rings. The van der Waals surface area contributed by atoms with E-state index in [4.69, 9.17) is 22.0 Å². The highest BCUT2D eigenvalue weighted by Gasteiger charge is 2.40. The summed E-state index contributed by atoms with van der Waals surface area (Å²) < 4.78 is 42.5. The van der Waals surface area contributed by atoms with E-state index in [2.05, 4.69) is 10.1 Å². The molecular formula is C23H23ClF3N7O. The lowest BCUT2D eigenvalue weighted by atomic mass is 9.98. The molecule has 1 N–H and O–H groups in total.